The van der Waals surface area contributed by atoms with Gasteiger partial charge in [-0.2, -0.15) is 9.61 Å². The van der Waals surface area contributed by atoms with Gasteiger partial charge in [0.2, 0.25) is 0 Å². The number of carbonyl (C=O) groups excluding carboxylic acids is 1. The first kappa shape index (κ1) is 24.8. The van der Waals surface area contributed by atoms with Crippen molar-refractivity contribution in [2.24, 2.45) is 0 Å². The zero-order valence-electron chi connectivity index (χ0n) is 21.0. The zero-order valence-corrected chi connectivity index (χ0v) is 21.0. The van der Waals surface area contributed by atoms with E-state index in [0.717, 1.165) is 47.7 Å². The van der Waals surface area contributed by atoms with Gasteiger partial charge in [-0.25, -0.2) is 4.98 Å². The maximum Gasteiger partial charge on any atom is 0.363 e. The number of hydrogen-bond acceptors (Lipinski definition) is 7. The van der Waals surface area contributed by atoms with E-state index in [-0.39, 0.29) is 5.78 Å². The van der Waals surface area contributed by atoms with E-state index in [1.807, 2.05) is 30.5 Å². The van der Waals surface area contributed by atoms with Crippen LogP contribution in [0.15, 0.2) is 42.7 Å². The molecule has 0 saturated carbocycles. The molecule has 8 nitrogen and oxygen atoms in total. The van der Waals surface area contributed by atoms with Crippen molar-refractivity contribution in [3.8, 4) is 11.1 Å². The Bertz CT molecular complexity index is 1330. The summed E-state index contributed by atoms with van der Waals surface area (Å²) >= 11 is 0. The fourth-order valence-electron chi connectivity index (χ4n) is 4.80. The van der Waals surface area contributed by atoms with Crippen LogP contribution in [-0.2, 0) is 11.2 Å². The van der Waals surface area contributed by atoms with Gasteiger partial charge in [0.1, 0.15) is 5.82 Å². The second-order valence-corrected chi connectivity index (χ2v) is 8.98. The molecule has 3 heterocycles. The molecular weight excluding hydrogens is 439 g/mol. The third kappa shape index (κ3) is 5.06. The van der Waals surface area contributed by atoms with Gasteiger partial charge in [-0.1, -0.05) is 44.9 Å². The van der Waals surface area contributed by atoms with Crippen LogP contribution >= 0.6 is 0 Å². The van der Waals surface area contributed by atoms with E-state index in [0.29, 0.717) is 42.9 Å². The molecule has 0 spiro atoms. The number of para-hydroxylation sites is 1. The summed E-state index contributed by atoms with van der Waals surface area (Å²) in [6.45, 7) is 6.37. The van der Waals surface area contributed by atoms with Crippen LogP contribution < -0.4 is 5.73 Å². The van der Waals surface area contributed by atoms with E-state index in [1.165, 1.54) is 6.92 Å². The molecule has 0 fully saturated rings. The molecule has 0 saturated heterocycles. The van der Waals surface area contributed by atoms with Crippen molar-refractivity contribution in [3.05, 3.63) is 54.0 Å². The minimum absolute atomic E-state index is 0.128. The minimum Gasteiger partial charge on any atom is -0.427 e. The zero-order chi connectivity index (χ0) is 24.9. The molecule has 0 aliphatic rings. The van der Waals surface area contributed by atoms with Crippen LogP contribution in [0.1, 0.15) is 62.5 Å². The second-order valence-electron chi connectivity index (χ2n) is 8.98. The van der Waals surface area contributed by atoms with Gasteiger partial charge in [-0.05, 0) is 31.9 Å². The van der Waals surface area contributed by atoms with Crippen LogP contribution in [0.5, 0.6) is 0 Å². The summed E-state index contributed by atoms with van der Waals surface area (Å²) in [5.74, 6) is 0.175. The molecule has 1 aromatic carbocycles. The average Bonchev–Trinajstić information content (AvgIpc) is 3.27. The Labute approximate surface area is 206 Å². The Kier molecular flexibility index (Phi) is 7.78. The smallest absolute Gasteiger partial charge is 0.363 e. The molecule has 0 aliphatic heterocycles. The fraction of sp³-hybridized carbons (Fsp3) is 0.385. The quantitative estimate of drug-likeness (QED) is 0.255. The van der Waals surface area contributed by atoms with E-state index >= 15 is 0 Å². The van der Waals surface area contributed by atoms with Gasteiger partial charge in [-0.15, -0.1) is 0 Å². The Hall–Kier alpha value is -3.30. The highest BCUT2D eigenvalue weighted by Gasteiger charge is 2.25. The first-order valence-electron chi connectivity index (χ1n) is 12.2. The van der Waals surface area contributed by atoms with Crippen molar-refractivity contribution in [3.63, 3.8) is 0 Å². The maximum atomic E-state index is 12.7. The molecule has 4 rings (SSSR count). The highest BCUT2D eigenvalue weighted by Crippen LogP contribution is 2.30. The van der Waals surface area contributed by atoms with E-state index in [2.05, 4.69) is 34.8 Å². The molecule has 0 bridgehead atoms. The third-order valence-electron chi connectivity index (χ3n) is 6.42. The predicted octanol–water partition coefficient (Wildman–Crippen LogP) is 4.41. The summed E-state index contributed by atoms with van der Waals surface area (Å²) in [5, 5.41) is 5.51. The first-order valence-corrected chi connectivity index (χ1v) is 12.2. The molecule has 0 amide bonds. The van der Waals surface area contributed by atoms with E-state index < -0.39 is 0 Å². The lowest BCUT2D eigenvalue weighted by Crippen LogP contribution is -2.39. The number of fused-ring (bicyclic) bond motifs is 2. The van der Waals surface area contributed by atoms with Crippen molar-refractivity contribution in [1.82, 2.24) is 24.4 Å². The fourth-order valence-corrected chi connectivity index (χ4v) is 4.80. The SMILES string of the molecule is CCCC(CCC)N(BOC)Cc1nc2c(-c3cnc4ccccc4c3)cnn2c(N)c1C(C)=O. The van der Waals surface area contributed by atoms with Gasteiger partial charge in [-0.3, -0.25) is 9.78 Å². The summed E-state index contributed by atoms with van der Waals surface area (Å²) in [5.41, 5.74) is 10.8. The molecule has 4 aromatic rings. The van der Waals surface area contributed by atoms with Crippen LogP contribution in [0.2, 0.25) is 0 Å². The number of nitrogens with zero attached hydrogens (tertiary/aromatic N) is 5. The number of pyridine rings is 1. The molecule has 2 N–H and O–H groups in total. The topological polar surface area (TPSA) is 98.6 Å². The van der Waals surface area contributed by atoms with E-state index in [4.69, 9.17) is 15.4 Å². The number of aromatic nitrogens is 4. The van der Waals surface area contributed by atoms with Crippen LogP contribution in [0.25, 0.3) is 27.7 Å². The molecular formula is C26H33BN6O2. The lowest BCUT2D eigenvalue weighted by atomic mass is 9.97. The normalized spacial score (nSPS) is 11.7. The van der Waals surface area contributed by atoms with Gasteiger partial charge >= 0.3 is 7.62 Å². The molecule has 0 unspecified atom stereocenters. The number of nitrogen functional groups attached to an aromatic ring is 1. The Balaban J connectivity index is 1.84. The van der Waals surface area contributed by atoms with Gasteiger partial charge in [0.15, 0.2) is 11.4 Å². The lowest BCUT2D eigenvalue weighted by Gasteiger charge is -2.30. The van der Waals surface area contributed by atoms with Crippen molar-refractivity contribution < 1.29 is 9.45 Å². The molecule has 182 valence electrons. The summed E-state index contributed by atoms with van der Waals surface area (Å²) in [4.78, 5) is 24.5. The lowest BCUT2D eigenvalue weighted by molar-refractivity contribution is 0.101. The van der Waals surface area contributed by atoms with Crippen LogP contribution in [-0.4, -0.2) is 50.9 Å². The van der Waals surface area contributed by atoms with E-state index in [9.17, 15) is 4.79 Å². The Morgan fingerprint density at radius 3 is 2.63 bits per heavy atom. The van der Waals surface area contributed by atoms with Crippen molar-refractivity contribution in [2.75, 3.05) is 12.8 Å². The number of benzene rings is 1. The van der Waals surface area contributed by atoms with Gasteiger partial charge in [0, 0.05) is 42.4 Å². The number of carbonyl (C=O) groups is 1. The largest absolute Gasteiger partial charge is 0.427 e. The first-order chi connectivity index (χ1) is 17.0. The van der Waals surface area contributed by atoms with Crippen LogP contribution in [0.3, 0.4) is 0 Å². The van der Waals surface area contributed by atoms with E-state index in [1.54, 1.807) is 17.8 Å². The Morgan fingerprint density at radius 1 is 1.20 bits per heavy atom. The van der Waals surface area contributed by atoms with Gasteiger partial charge in [0.05, 0.1) is 23.0 Å². The third-order valence-corrected chi connectivity index (χ3v) is 6.42. The highest BCUT2D eigenvalue weighted by molar-refractivity contribution is 6.23. The van der Waals surface area contributed by atoms with Crippen molar-refractivity contribution in [2.45, 2.75) is 59.0 Å². The number of nitrogens with two attached hydrogens (primary N) is 1. The predicted molar refractivity (Wildman–Crippen MR) is 141 cm³/mol. The van der Waals surface area contributed by atoms with Gasteiger partial charge < -0.3 is 15.2 Å². The maximum absolute atomic E-state index is 12.7. The summed E-state index contributed by atoms with van der Waals surface area (Å²) < 4.78 is 7.10. The number of rotatable bonds is 11. The number of hydrogen-bond donors (Lipinski definition) is 1. The molecule has 0 radical (unpaired) electrons. The molecule has 0 atom stereocenters. The summed E-state index contributed by atoms with van der Waals surface area (Å²) in [7, 11) is 2.15. The monoisotopic (exact) mass is 472 g/mol. The standard InChI is InChI=1S/C26H33BN6O2/c1-5-9-20(10-6-2)32(27-35-4)16-23-24(17(3)34)25(28)33-26(31-23)21(15-30-33)19-13-18-11-7-8-12-22(18)29-14-19/h7-8,11-15,20,27H,5-6,9-10,16,28H2,1-4H3. The minimum atomic E-state index is -0.128. The molecule has 3 aromatic heterocycles. The molecule has 9 heteroatoms. The average molecular weight is 472 g/mol. The number of Topliss-reactive ketones (excluding diaryl/α,β-unsaturated/α-hetero) is 1. The second kappa shape index (κ2) is 11.0. The van der Waals surface area contributed by atoms with Crippen molar-refractivity contribution >= 4 is 35.8 Å². The Morgan fingerprint density at radius 2 is 1.94 bits per heavy atom. The van der Waals surface area contributed by atoms with Crippen LogP contribution in [0.4, 0.5) is 5.82 Å². The highest BCUT2D eigenvalue weighted by atomic mass is 16.4. The summed E-state index contributed by atoms with van der Waals surface area (Å²) in [6.07, 6.45) is 7.80. The number of ketones is 1. The number of anilines is 1. The molecule has 0 aliphatic carbocycles. The molecule has 35 heavy (non-hydrogen) atoms. The van der Waals surface area contributed by atoms with Gasteiger partial charge in [0.25, 0.3) is 0 Å². The van der Waals surface area contributed by atoms with Crippen molar-refractivity contribution in [1.29, 1.82) is 0 Å². The summed E-state index contributed by atoms with van der Waals surface area (Å²) in [6, 6.07) is 10.4. The van der Waals surface area contributed by atoms with Crippen LogP contribution in [0, 0.1) is 0 Å².